The molecule has 1 N–H and O–H groups in total. The minimum absolute atomic E-state index is 0.352. The summed E-state index contributed by atoms with van der Waals surface area (Å²) in [4.78, 5) is 12.1. The fourth-order valence-electron chi connectivity index (χ4n) is 6.52. The summed E-state index contributed by atoms with van der Waals surface area (Å²) in [6, 6.07) is 8.39. The Morgan fingerprint density at radius 1 is 0.816 bits per heavy atom. The highest BCUT2D eigenvalue weighted by molar-refractivity contribution is 5.89. The number of anilines is 1. The van der Waals surface area contributed by atoms with E-state index in [1.54, 1.807) is 0 Å². The minimum atomic E-state index is 0.352. The van der Waals surface area contributed by atoms with E-state index >= 15 is 0 Å². The van der Waals surface area contributed by atoms with E-state index in [2.05, 4.69) is 97.0 Å². The summed E-state index contributed by atoms with van der Waals surface area (Å²) < 4.78 is 0. The first-order valence-corrected chi connectivity index (χ1v) is 14.8. The summed E-state index contributed by atoms with van der Waals surface area (Å²) >= 11 is 0. The van der Waals surface area contributed by atoms with Crippen molar-refractivity contribution in [1.82, 2.24) is 15.3 Å². The molecule has 1 aliphatic rings. The first-order chi connectivity index (χ1) is 18.1. The quantitative estimate of drug-likeness (QED) is 0.314. The molecule has 0 saturated heterocycles. The van der Waals surface area contributed by atoms with E-state index in [1.807, 2.05) is 0 Å². The van der Waals surface area contributed by atoms with Crippen LogP contribution < -0.4 is 10.2 Å². The van der Waals surface area contributed by atoms with E-state index in [0.29, 0.717) is 11.8 Å². The second-order valence-corrected chi connectivity index (χ2v) is 12.4. The van der Waals surface area contributed by atoms with Crippen LogP contribution in [-0.2, 0) is 6.54 Å². The molecule has 0 aliphatic heterocycles. The lowest BCUT2D eigenvalue weighted by Crippen LogP contribution is -2.28. The maximum Gasteiger partial charge on any atom is 0.139 e. The molecule has 2 aromatic carbocycles. The molecule has 4 rings (SSSR count). The molecule has 1 aliphatic carbocycles. The average Bonchev–Trinajstić information content (AvgIpc) is 2.92. The monoisotopic (exact) mass is 514 g/mol. The highest BCUT2D eigenvalue weighted by Gasteiger charge is 2.26. The molecule has 38 heavy (non-hydrogen) atoms. The molecule has 0 bridgehead atoms. The van der Waals surface area contributed by atoms with Gasteiger partial charge in [-0.25, -0.2) is 9.97 Å². The van der Waals surface area contributed by atoms with Gasteiger partial charge in [0.2, 0.25) is 0 Å². The zero-order valence-corrected chi connectivity index (χ0v) is 25.4. The molecule has 206 valence electrons. The lowest BCUT2D eigenvalue weighted by Gasteiger charge is -2.32. The molecule has 1 heterocycles. The molecule has 0 amide bonds. The van der Waals surface area contributed by atoms with Crippen molar-refractivity contribution in [2.75, 3.05) is 25.5 Å². The van der Waals surface area contributed by atoms with Gasteiger partial charge in [-0.2, -0.15) is 0 Å². The van der Waals surface area contributed by atoms with Crippen LogP contribution in [0, 0.1) is 52.4 Å². The van der Waals surface area contributed by atoms with Gasteiger partial charge < -0.3 is 10.2 Å². The lowest BCUT2D eigenvalue weighted by molar-refractivity contribution is 0.226. The third-order valence-electron chi connectivity index (χ3n) is 9.85. The van der Waals surface area contributed by atoms with Gasteiger partial charge in [0, 0.05) is 31.9 Å². The SMILES string of the molecule is Cc1c(C)c(C)c(CNCC2CCC(CC(C)[C@H](C)c3nc(N(C)C)c4ccccc4n3)CC2)c(C)c1C. The van der Waals surface area contributed by atoms with Crippen LogP contribution in [0.5, 0.6) is 0 Å². The highest BCUT2D eigenvalue weighted by atomic mass is 15.2. The van der Waals surface area contributed by atoms with E-state index in [9.17, 15) is 0 Å². The number of rotatable bonds is 9. The Balaban J connectivity index is 1.29. The van der Waals surface area contributed by atoms with E-state index < -0.39 is 0 Å². The van der Waals surface area contributed by atoms with Gasteiger partial charge in [0.25, 0.3) is 0 Å². The predicted molar refractivity (Wildman–Crippen MR) is 163 cm³/mol. The van der Waals surface area contributed by atoms with Gasteiger partial charge in [-0.15, -0.1) is 0 Å². The number of hydrogen-bond acceptors (Lipinski definition) is 4. The number of para-hydroxylation sites is 1. The lowest BCUT2D eigenvalue weighted by atomic mass is 9.76. The van der Waals surface area contributed by atoms with Crippen molar-refractivity contribution in [3.8, 4) is 0 Å². The van der Waals surface area contributed by atoms with Crippen LogP contribution >= 0.6 is 0 Å². The fourth-order valence-corrected chi connectivity index (χ4v) is 6.52. The molecular weight excluding hydrogens is 464 g/mol. The minimum Gasteiger partial charge on any atom is -0.362 e. The largest absolute Gasteiger partial charge is 0.362 e. The van der Waals surface area contributed by atoms with Crippen molar-refractivity contribution in [3.63, 3.8) is 0 Å². The molecule has 4 nitrogen and oxygen atoms in total. The number of nitrogens with one attached hydrogen (secondary N) is 1. The van der Waals surface area contributed by atoms with Crippen LogP contribution in [0.3, 0.4) is 0 Å². The highest BCUT2D eigenvalue weighted by Crippen LogP contribution is 2.37. The standard InChI is InChI=1S/C34H50N4/c1-21(22(2)33-36-32-13-11-10-12-30(32)34(37-33)38(8)9)18-28-14-16-29(17-15-28)19-35-20-31-26(6)24(4)23(3)25(5)27(31)7/h10-13,21-22,28-29,35H,14-20H2,1-9H3/t21?,22-,28?,29?/m0/s1. The van der Waals surface area contributed by atoms with Crippen molar-refractivity contribution in [2.24, 2.45) is 17.8 Å². The molecule has 0 spiro atoms. The van der Waals surface area contributed by atoms with Crippen LogP contribution in [0.1, 0.15) is 91.1 Å². The Morgan fingerprint density at radius 3 is 2.03 bits per heavy atom. The smallest absolute Gasteiger partial charge is 0.139 e. The van der Waals surface area contributed by atoms with Crippen LogP contribution in [-0.4, -0.2) is 30.6 Å². The van der Waals surface area contributed by atoms with Crippen LogP contribution in [0.2, 0.25) is 0 Å². The van der Waals surface area contributed by atoms with Gasteiger partial charge in [0.15, 0.2) is 0 Å². The zero-order valence-electron chi connectivity index (χ0n) is 25.4. The topological polar surface area (TPSA) is 41.1 Å². The van der Waals surface area contributed by atoms with Gasteiger partial charge >= 0.3 is 0 Å². The van der Waals surface area contributed by atoms with Gasteiger partial charge in [-0.05, 0) is 124 Å². The van der Waals surface area contributed by atoms with E-state index in [1.165, 1.54) is 65.5 Å². The third-order valence-corrected chi connectivity index (χ3v) is 9.85. The molecule has 4 heteroatoms. The molecule has 3 aromatic rings. The van der Waals surface area contributed by atoms with Crippen LogP contribution in [0.25, 0.3) is 10.9 Å². The Bertz CT molecular complexity index is 1220. The number of hydrogen-bond donors (Lipinski definition) is 1. The molecular formula is C34H50N4. The van der Waals surface area contributed by atoms with Gasteiger partial charge in [-0.1, -0.05) is 38.8 Å². The first-order valence-electron chi connectivity index (χ1n) is 14.8. The van der Waals surface area contributed by atoms with Crippen molar-refractivity contribution in [3.05, 3.63) is 63.5 Å². The van der Waals surface area contributed by atoms with E-state index in [0.717, 1.165) is 47.5 Å². The average molecular weight is 515 g/mol. The van der Waals surface area contributed by atoms with E-state index in [-0.39, 0.29) is 0 Å². The summed E-state index contributed by atoms with van der Waals surface area (Å²) in [5.41, 5.74) is 9.87. The number of fused-ring (bicyclic) bond motifs is 1. The van der Waals surface area contributed by atoms with Crippen molar-refractivity contribution in [1.29, 1.82) is 0 Å². The summed E-state index contributed by atoms with van der Waals surface area (Å²) in [7, 11) is 4.15. The molecule has 1 fully saturated rings. The van der Waals surface area contributed by atoms with Crippen LogP contribution in [0.15, 0.2) is 24.3 Å². The van der Waals surface area contributed by atoms with Crippen LogP contribution in [0.4, 0.5) is 5.82 Å². The maximum atomic E-state index is 5.02. The van der Waals surface area contributed by atoms with Gasteiger partial charge in [-0.3, -0.25) is 0 Å². The summed E-state index contributed by atoms with van der Waals surface area (Å²) in [6.45, 7) is 18.3. The normalized spacial score (nSPS) is 19.5. The van der Waals surface area contributed by atoms with Crippen molar-refractivity contribution < 1.29 is 0 Å². The molecule has 2 atom stereocenters. The summed E-state index contributed by atoms with van der Waals surface area (Å²) in [6.07, 6.45) is 6.67. The Hall–Kier alpha value is -2.46. The summed E-state index contributed by atoms with van der Waals surface area (Å²) in [5, 5.41) is 4.96. The molecule has 1 unspecified atom stereocenters. The maximum absolute atomic E-state index is 5.02. The Morgan fingerprint density at radius 2 is 1.39 bits per heavy atom. The zero-order chi connectivity index (χ0) is 27.6. The third kappa shape index (κ3) is 6.06. The molecule has 0 radical (unpaired) electrons. The van der Waals surface area contributed by atoms with Crippen molar-refractivity contribution in [2.45, 2.75) is 93.0 Å². The number of aromatic nitrogens is 2. The summed E-state index contributed by atoms with van der Waals surface area (Å²) in [5.74, 6) is 4.57. The Labute approximate surface area is 231 Å². The molecule has 1 saturated carbocycles. The number of benzene rings is 2. The number of nitrogens with zero attached hydrogens (tertiary/aromatic N) is 3. The molecule has 1 aromatic heterocycles. The van der Waals surface area contributed by atoms with E-state index in [4.69, 9.17) is 9.97 Å². The van der Waals surface area contributed by atoms with Gasteiger partial charge in [0.1, 0.15) is 11.6 Å². The Kier molecular flexibility index (Phi) is 9.13. The van der Waals surface area contributed by atoms with Crippen molar-refractivity contribution >= 4 is 16.7 Å². The van der Waals surface area contributed by atoms with Gasteiger partial charge in [0.05, 0.1) is 5.52 Å². The second kappa shape index (κ2) is 12.2. The second-order valence-electron chi connectivity index (χ2n) is 12.4. The fraction of sp³-hybridized carbons (Fsp3) is 0.588. The predicted octanol–water partition coefficient (Wildman–Crippen LogP) is 7.96. The first kappa shape index (κ1) is 28.5.